The number of nitrogens with one attached hydrogen (secondary N) is 1. The van der Waals surface area contributed by atoms with Gasteiger partial charge in [-0.3, -0.25) is 16.0 Å². The van der Waals surface area contributed by atoms with Crippen molar-refractivity contribution in [2.45, 2.75) is 52.1 Å². The van der Waals surface area contributed by atoms with Gasteiger partial charge >= 0.3 is 0 Å². The minimum absolute atomic E-state index is 0.256. The molecule has 0 saturated heterocycles. The second kappa shape index (κ2) is 4.97. The molecule has 0 spiro atoms. The molecule has 1 aliphatic carbocycles. The van der Waals surface area contributed by atoms with Crippen molar-refractivity contribution in [3.05, 3.63) is 17.5 Å². The fourth-order valence-electron chi connectivity index (χ4n) is 2.44. The monoisotopic (exact) mass is 222 g/mol. The van der Waals surface area contributed by atoms with Gasteiger partial charge in [0.25, 0.3) is 0 Å². The van der Waals surface area contributed by atoms with Crippen LogP contribution >= 0.6 is 0 Å². The molecule has 3 N–H and O–H groups in total. The van der Waals surface area contributed by atoms with Crippen molar-refractivity contribution in [1.29, 1.82) is 0 Å². The van der Waals surface area contributed by atoms with Crippen LogP contribution in [0.2, 0.25) is 0 Å². The van der Waals surface area contributed by atoms with E-state index < -0.39 is 0 Å². The topological polar surface area (TPSA) is 55.9 Å². The van der Waals surface area contributed by atoms with Crippen LogP contribution in [-0.2, 0) is 6.54 Å². The van der Waals surface area contributed by atoms with Crippen LogP contribution in [0.15, 0.2) is 6.07 Å². The first-order valence-electron chi connectivity index (χ1n) is 6.25. The van der Waals surface area contributed by atoms with Crippen molar-refractivity contribution >= 4 is 0 Å². The first-order chi connectivity index (χ1) is 7.74. The molecule has 1 heterocycles. The highest BCUT2D eigenvalue weighted by Gasteiger charge is 2.24. The number of hydrogen-bond acceptors (Lipinski definition) is 3. The van der Waals surface area contributed by atoms with Crippen LogP contribution in [0.1, 0.15) is 50.0 Å². The molecule has 4 nitrogen and oxygen atoms in total. The molecule has 2 rings (SSSR count). The van der Waals surface area contributed by atoms with Gasteiger partial charge in [0.2, 0.25) is 0 Å². The highest BCUT2D eigenvalue weighted by atomic mass is 15.3. The minimum Gasteiger partial charge on any atom is -0.271 e. The average Bonchev–Trinajstić information content (AvgIpc) is 2.58. The van der Waals surface area contributed by atoms with Crippen molar-refractivity contribution < 1.29 is 0 Å². The molecule has 0 bridgehead atoms. The van der Waals surface area contributed by atoms with Crippen molar-refractivity contribution in [1.82, 2.24) is 15.2 Å². The quantitative estimate of drug-likeness (QED) is 0.591. The SMILES string of the molecule is CCn1nc(C)cc1C(CC1CCC1)NN. The van der Waals surface area contributed by atoms with Gasteiger partial charge in [0.15, 0.2) is 0 Å². The normalized spacial score (nSPS) is 18.4. The summed E-state index contributed by atoms with van der Waals surface area (Å²) in [7, 11) is 0. The molecule has 1 atom stereocenters. The van der Waals surface area contributed by atoms with Gasteiger partial charge in [-0.2, -0.15) is 5.10 Å². The lowest BCUT2D eigenvalue weighted by molar-refractivity contribution is 0.256. The number of hydrogen-bond donors (Lipinski definition) is 2. The number of aromatic nitrogens is 2. The summed E-state index contributed by atoms with van der Waals surface area (Å²) in [5.74, 6) is 6.52. The van der Waals surface area contributed by atoms with Crippen LogP contribution in [0.5, 0.6) is 0 Å². The van der Waals surface area contributed by atoms with E-state index in [0.29, 0.717) is 0 Å². The molecule has 0 radical (unpaired) electrons. The van der Waals surface area contributed by atoms with Crippen molar-refractivity contribution in [2.75, 3.05) is 0 Å². The summed E-state index contributed by atoms with van der Waals surface area (Å²) in [6.07, 6.45) is 5.24. The van der Waals surface area contributed by atoms with Crippen LogP contribution in [-0.4, -0.2) is 9.78 Å². The molecule has 16 heavy (non-hydrogen) atoms. The second-order valence-corrected chi connectivity index (χ2v) is 4.78. The van der Waals surface area contributed by atoms with Gasteiger partial charge in [-0.1, -0.05) is 19.3 Å². The molecule has 1 aromatic heterocycles. The average molecular weight is 222 g/mol. The van der Waals surface area contributed by atoms with Crippen molar-refractivity contribution in [3.63, 3.8) is 0 Å². The first-order valence-corrected chi connectivity index (χ1v) is 6.25. The Morgan fingerprint density at radius 1 is 1.62 bits per heavy atom. The standard InChI is InChI=1S/C12H22N4/c1-3-16-12(7-9(2)15-16)11(14-13)8-10-5-4-6-10/h7,10-11,14H,3-6,8,13H2,1-2H3. The van der Waals surface area contributed by atoms with Gasteiger partial charge in [0, 0.05) is 6.54 Å². The number of aryl methyl sites for hydroxylation is 2. The van der Waals surface area contributed by atoms with E-state index in [1.54, 1.807) is 0 Å². The fraction of sp³-hybridized carbons (Fsp3) is 0.750. The fourth-order valence-corrected chi connectivity index (χ4v) is 2.44. The molecule has 1 saturated carbocycles. The summed E-state index contributed by atoms with van der Waals surface area (Å²) in [5.41, 5.74) is 5.25. The molecule has 1 aliphatic rings. The Morgan fingerprint density at radius 2 is 2.38 bits per heavy atom. The smallest absolute Gasteiger partial charge is 0.0631 e. The maximum atomic E-state index is 5.67. The minimum atomic E-state index is 0.256. The Kier molecular flexibility index (Phi) is 3.61. The predicted molar refractivity (Wildman–Crippen MR) is 64.7 cm³/mol. The molecule has 4 heteroatoms. The van der Waals surface area contributed by atoms with Crippen LogP contribution < -0.4 is 11.3 Å². The van der Waals surface area contributed by atoms with E-state index in [1.807, 2.05) is 6.92 Å². The molecule has 0 amide bonds. The highest BCUT2D eigenvalue weighted by Crippen LogP contribution is 2.34. The Bertz CT molecular complexity index is 341. The molecular formula is C12H22N4. The van der Waals surface area contributed by atoms with E-state index in [4.69, 9.17) is 5.84 Å². The Morgan fingerprint density at radius 3 is 2.88 bits per heavy atom. The largest absolute Gasteiger partial charge is 0.271 e. The summed E-state index contributed by atoms with van der Waals surface area (Å²) in [6.45, 7) is 5.06. The third kappa shape index (κ3) is 2.28. The molecule has 0 aromatic carbocycles. The molecule has 1 aromatic rings. The van der Waals surface area contributed by atoms with E-state index in [9.17, 15) is 0 Å². The van der Waals surface area contributed by atoms with Crippen LogP contribution in [0.25, 0.3) is 0 Å². The Labute approximate surface area is 97.2 Å². The van der Waals surface area contributed by atoms with Crippen LogP contribution in [0, 0.1) is 12.8 Å². The third-order valence-electron chi connectivity index (χ3n) is 3.58. The Hall–Kier alpha value is -0.870. The van der Waals surface area contributed by atoms with Crippen LogP contribution in [0.4, 0.5) is 0 Å². The van der Waals surface area contributed by atoms with E-state index in [1.165, 1.54) is 25.0 Å². The molecular weight excluding hydrogens is 200 g/mol. The van der Waals surface area contributed by atoms with E-state index in [2.05, 4.69) is 28.2 Å². The number of nitrogens with zero attached hydrogens (tertiary/aromatic N) is 2. The predicted octanol–water partition coefficient (Wildman–Crippen LogP) is 1.91. The van der Waals surface area contributed by atoms with Gasteiger partial charge in [-0.15, -0.1) is 0 Å². The lowest BCUT2D eigenvalue weighted by Gasteiger charge is -2.29. The Balaban J connectivity index is 2.10. The zero-order chi connectivity index (χ0) is 11.5. The number of nitrogens with two attached hydrogens (primary N) is 1. The van der Waals surface area contributed by atoms with Crippen molar-refractivity contribution in [2.24, 2.45) is 11.8 Å². The third-order valence-corrected chi connectivity index (χ3v) is 3.58. The first kappa shape index (κ1) is 11.6. The van der Waals surface area contributed by atoms with Gasteiger partial charge in [-0.05, 0) is 32.3 Å². The zero-order valence-electron chi connectivity index (χ0n) is 10.2. The summed E-state index contributed by atoms with van der Waals surface area (Å²) in [6, 6.07) is 2.40. The molecule has 1 fully saturated rings. The van der Waals surface area contributed by atoms with Gasteiger partial charge in [0.05, 0.1) is 17.4 Å². The summed E-state index contributed by atoms with van der Waals surface area (Å²) in [5, 5.41) is 4.47. The number of hydrazine groups is 1. The van der Waals surface area contributed by atoms with Crippen molar-refractivity contribution in [3.8, 4) is 0 Å². The zero-order valence-corrected chi connectivity index (χ0v) is 10.2. The highest BCUT2D eigenvalue weighted by molar-refractivity contribution is 5.13. The molecule has 0 aliphatic heterocycles. The van der Waals surface area contributed by atoms with Gasteiger partial charge in [0.1, 0.15) is 0 Å². The molecule has 1 unspecified atom stereocenters. The van der Waals surface area contributed by atoms with E-state index in [-0.39, 0.29) is 6.04 Å². The number of rotatable bonds is 5. The summed E-state index contributed by atoms with van der Waals surface area (Å²) >= 11 is 0. The van der Waals surface area contributed by atoms with E-state index >= 15 is 0 Å². The second-order valence-electron chi connectivity index (χ2n) is 4.78. The lowest BCUT2D eigenvalue weighted by Crippen LogP contribution is -2.32. The molecule has 90 valence electrons. The maximum Gasteiger partial charge on any atom is 0.0631 e. The van der Waals surface area contributed by atoms with E-state index in [0.717, 1.165) is 24.6 Å². The van der Waals surface area contributed by atoms with Crippen LogP contribution in [0.3, 0.4) is 0 Å². The summed E-state index contributed by atoms with van der Waals surface area (Å²) < 4.78 is 2.05. The van der Waals surface area contributed by atoms with Gasteiger partial charge < -0.3 is 0 Å². The summed E-state index contributed by atoms with van der Waals surface area (Å²) in [4.78, 5) is 0. The van der Waals surface area contributed by atoms with Gasteiger partial charge in [-0.25, -0.2) is 0 Å². The lowest BCUT2D eigenvalue weighted by atomic mass is 9.80. The maximum absolute atomic E-state index is 5.67.